The van der Waals surface area contributed by atoms with Crippen molar-refractivity contribution in [3.63, 3.8) is 0 Å². The molecule has 4 heteroatoms. The van der Waals surface area contributed by atoms with Crippen molar-refractivity contribution in [2.45, 2.75) is 38.0 Å². The molecule has 0 amide bonds. The number of hydrogen-bond donors (Lipinski definition) is 0. The van der Waals surface area contributed by atoms with Gasteiger partial charge in [-0.15, -0.1) is 9.24 Å². The highest BCUT2D eigenvalue weighted by Crippen LogP contribution is 2.53. The van der Waals surface area contributed by atoms with Crippen molar-refractivity contribution >= 4 is 14.5 Å². The number of hydrogen-bond acceptors (Lipinski definition) is 1. The highest BCUT2D eigenvalue weighted by molar-refractivity contribution is 7.27. The Morgan fingerprint density at radius 3 is 2.47 bits per heavy atom. The van der Waals surface area contributed by atoms with Crippen molar-refractivity contribution in [1.82, 2.24) is 0 Å². The molecule has 0 aromatic heterocycles. The van der Waals surface area contributed by atoms with Crippen LogP contribution < -0.4 is 10.0 Å². The molecule has 0 bridgehead atoms. The maximum Gasteiger partial charge on any atom is 0.249 e. The van der Waals surface area contributed by atoms with Crippen LogP contribution in [0.1, 0.15) is 32.3 Å². The zero-order valence-electron chi connectivity index (χ0n) is 10.1. The normalized spacial score (nSPS) is 20.8. The van der Waals surface area contributed by atoms with Crippen LogP contribution in [0.3, 0.4) is 0 Å². The zero-order chi connectivity index (χ0) is 12.7. The second-order valence-electron chi connectivity index (χ2n) is 4.96. The maximum absolute atomic E-state index is 13.0. The Morgan fingerprint density at radius 2 is 2.00 bits per heavy atom. The Bertz CT molecular complexity index is 423. The van der Waals surface area contributed by atoms with E-state index in [1.807, 2.05) is 32.0 Å². The molecule has 1 aliphatic carbocycles. The Kier molecular flexibility index (Phi) is 3.15. The molecule has 1 fully saturated rings. The summed E-state index contributed by atoms with van der Waals surface area (Å²) in [6, 6.07) is 5.70. The Morgan fingerprint density at radius 1 is 1.35 bits per heavy atom. The van der Waals surface area contributed by atoms with Crippen LogP contribution in [0.15, 0.2) is 18.2 Å². The lowest BCUT2D eigenvalue weighted by atomic mass is 9.63. The molecule has 0 heterocycles. The predicted molar refractivity (Wildman–Crippen MR) is 68.5 cm³/mol. The third-order valence-corrected chi connectivity index (χ3v) is 3.76. The summed E-state index contributed by atoms with van der Waals surface area (Å²) in [5.41, 5.74) is 0.580. The summed E-state index contributed by atoms with van der Waals surface area (Å²) >= 11 is 0. The first kappa shape index (κ1) is 12.8. The van der Waals surface area contributed by atoms with Gasteiger partial charge in [0.15, 0.2) is 0 Å². The molecule has 1 saturated carbocycles. The molecule has 17 heavy (non-hydrogen) atoms. The minimum Gasteiger partial charge on any atom is -0.493 e. The molecule has 1 atom stereocenters. The monoisotopic (exact) mass is 258 g/mol. The Labute approximate surface area is 103 Å². The second kappa shape index (κ2) is 4.20. The fourth-order valence-corrected chi connectivity index (χ4v) is 2.86. The van der Waals surface area contributed by atoms with Crippen LogP contribution in [0.4, 0.5) is 8.78 Å². The fourth-order valence-electron chi connectivity index (χ4n) is 2.50. The van der Waals surface area contributed by atoms with Gasteiger partial charge < -0.3 is 4.74 Å². The summed E-state index contributed by atoms with van der Waals surface area (Å²) in [6.07, 6.45) is -0.115. The molecule has 1 unspecified atom stereocenters. The summed E-state index contributed by atoms with van der Waals surface area (Å²) in [5, 5.41) is 0.931. The average Bonchev–Trinajstić information content (AvgIpc) is 2.18. The van der Waals surface area contributed by atoms with Crippen molar-refractivity contribution in [2.75, 3.05) is 6.61 Å². The standard InChI is InChI=1S/C13H17F2OP/c1-3-16-10-5-4-9(6-11(10)17)12(2)7-13(14,15)8-12/h4-6H,3,7-8,17H2,1-2H3. The average molecular weight is 258 g/mol. The molecule has 0 saturated heterocycles. The third kappa shape index (κ3) is 2.44. The van der Waals surface area contributed by atoms with Gasteiger partial charge in [0.2, 0.25) is 5.92 Å². The highest BCUT2D eigenvalue weighted by Gasteiger charge is 2.54. The molecule has 2 rings (SSSR count). The van der Waals surface area contributed by atoms with Crippen molar-refractivity contribution in [3.05, 3.63) is 23.8 Å². The lowest BCUT2D eigenvalue weighted by molar-refractivity contribution is -0.120. The van der Waals surface area contributed by atoms with Gasteiger partial charge in [0, 0.05) is 23.6 Å². The molecule has 1 nitrogen and oxygen atoms in total. The topological polar surface area (TPSA) is 9.23 Å². The molecule has 1 aromatic carbocycles. The van der Waals surface area contributed by atoms with E-state index in [1.54, 1.807) is 0 Å². The quantitative estimate of drug-likeness (QED) is 0.756. The summed E-state index contributed by atoms with van der Waals surface area (Å²) in [4.78, 5) is 0. The summed E-state index contributed by atoms with van der Waals surface area (Å²) in [7, 11) is 2.60. The SMILES string of the molecule is CCOc1ccc(C2(C)CC(F)(F)C2)cc1P. The van der Waals surface area contributed by atoms with Crippen molar-refractivity contribution in [2.24, 2.45) is 0 Å². The fraction of sp³-hybridized carbons (Fsp3) is 0.538. The number of ether oxygens (including phenoxy) is 1. The van der Waals surface area contributed by atoms with Crippen LogP contribution in [0.25, 0.3) is 0 Å². The van der Waals surface area contributed by atoms with E-state index in [9.17, 15) is 8.78 Å². The molecule has 0 spiro atoms. The smallest absolute Gasteiger partial charge is 0.249 e. The van der Waals surface area contributed by atoms with Crippen LogP contribution in [0.5, 0.6) is 5.75 Å². The molecular formula is C13H17F2OP. The second-order valence-corrected chi connectivity index (χ2v) is 5.58. The number of rotatable bonds is 3. The third-order valence-electron chi connectivity index (χ3n) is 3.30. The zero-order valence-corrected chi connectivity index (χ0v) is 11.2. The lowest BCUT2D eigenvalue weighted by Crippen LogP contribution is -2.47. The van der Waals surface area contributed by atoms with Gasteiger partial charge in [-0.3, -0.25) is 0 Å². The molecule has 0 radical (unpaired) electrons. The van der Waals surface area contributed by atoms with E-state index in [-0.39, 0.29) is 18.3 Å². The van der Waals surface area contributed by atoms with Gasteiger partial charge in [-0.05, 0) is 24.6 Å². The van der Waals surface area contributed by atoms with Crippen molar-refractivity contribution < 1.29 is 13.5 Å². The van der Waals surface area contributed by atoms with E-state index in [0.29, 0.717) is 6.61 Å². The summed E-state index contributed by atoms with van der Waals surface area (Å²) in [5.74, 6) is -1.69. The lowest BCUT2D eigenvalue weighted by Gasteiger charge is -2.45. The highest BCUT2D eigenvalue weighted by atomic mass is 31.0. The van der Waals surface area contributed by atoms with E-state index in [2.05, 4.69) is 9.24 Å². The van der Waals surface area contributed by atoms with Gasteiger partial charge in [0.05, 0.1) is 6.61 Å². The van der Waals surface area contributed by atoms with Crippen LogP contribution >= 0.6 is 9.24 Å². The van der Waals surface area contributed by atoms with Crippen LogP contribution in [0, 0.1) is 0 Å². The van der Waals surface area contributed by atoms with E-state index in [4.69, 9.17) is 4.74 Å². The summed E-state index contributed by atoms with van der Waals surface area (Å²) < 4.78 is 31.4. The van der Waals surface area contributed by atoms with Gasteiger partial charge in [0.1, 0.15) is 5.75 Å². The van der Waals surface area contributed by atoms with Gasteiger partial charge in [0.25, 0.3) is 0 Å². The molecular weight excluding hydrogens is 241 g/mol. The van der Waals surface area contributed by atoms with Gasteiger partial charge >= 0.3 is 0 Å². The van der Waals surface area contributed by atoms with E-state index in [1.165, 1.54) is 0 Å². The van der Waals surface area contributed by atoms with E-state index < -0.39 is 5.92 Å². The van der Waals surface area contributed by atoms with Crippen molar-refractivity contribution in [3.8, 4) is 5.75 Å². The number of benzene rings is 1. The first-order chi connectivity index (χ1) is 7.86. The van der Waals surface area contributed by atoms with Crippen LogP contribution in [-0.2, 0) is 5.41 Å². The Hall–Kier alpha value is -0.690. The Balaban J connectivity index is 2.21. The molecule has 1 aromatic rings. The van der Waals surface area contributed by atoms with Crippen LogP contribution in [-0.4, -0.2) is 12.5 Å². The van der Waals surface area contributed by atoms with Gasteiger partial charge in [-0.25, -0.2) is 8.78 Å². The number of halogens is 2. The maximum atomic E-state index is 13.0. The van der Waals surface area contributed by atoms with Gasteiger partial charge in [-0.1, -0.05) is 13.0 Å². The van der Waals surface area contributed by atoms with Crippen LogP contribution in [0.2, 0.25) is 0 Å². The van der Waals surface area contributed by atoms with E-state index >= 15 is 0 Å². The minimum atomic E-state index is -2.49. The molecule has 0 aliphatic heterocycles. The molecule has 0 N–H and O–H groups in total. The largest absolute Gasteiger partial charge is 0.493 e. The first-order valence-corrected chi connectivity index (χ1v) is 6.35. The molecule has 94 valence electrons. The minimum absolute atomic E-state index is 0.0575. The molecule has 1 aliphatic rings. The van der Waals surface area contributed by atoms with Gasteiger partial charge in [-0.2, -0.15) is 0 Å². The first-order valence-electron chi connectivity index (χ1n) is 5.77. The summed E-state index contributed by atoms with van der Waals surface area (Å²) in [6.45, 7) is 4.42. The van der Waals surface area contributed by atoms with Crippen molar-refractivity contribution in [1.29, 1.82) is 0 Å². The van der Waals surface area contributed by atoms with E-state index in [0.717, 1.165) is 16.6 Å². The number of alkyl halides is 2. The predicted octanol–water partition coefficient (Wildman–Crippen LogP) is 3.27.